The van der Waals surface area contributed by atoms with Gasteiger partial charge in [0.25, 0.3) is 5.91 Å². The van der Waals surface area contributed by atoms with Crippen molar-refractivity contribution in [1.29, 1.82) is 0 Å². The van der Waals surface area contributed by atoms with Crippen LogP contribution in [0.3, 0.4) is 0 Å². The highest BCUT2D eigenvalue weighted by Crippen LogP contribution is 2.46. The summed E-state index contributed by atoms with van der Waals surface area (Å²) in [6, 6.07) is 14.5. The van der Waals surface area contributed by atoms with Crippen LogP contribution in [-0.2, 0) is 14.3 Å². The molecule has 6 nitrogen and oxygen atoms in total. The van der Waals surface area contributed by atoms with Gasteiger partial charge in [-0.2, -0.15) is 0 Å². The second kappa shape index (κ2) is 9.33. The molecular formula is C22H26N2O4S. The Labute approximate surface area is 180 Å². The Bertz CT molecular complexity index is 966. The molecule has 0 N–H and O–H groups in total. The van der Waals surface area contributed by atoms with Crippen LogP contribution in [0.1, 0.15) is 21.8 Å². The lowest BCUT2D eigenvalue weighted by molar-refractivity contribution is -0.152. The third-order valence-electron chi connectivity index (χ3n) is 4.64. The number of hydrogen-bond acceptors (Lipinski definition) is 6. The number of carbonyl (C=O) groups is 2. The number of para-hydroxylation sites is 1. The molecule has 0 aromatic heterocycles. The SMILES string of the molecule is [2H]C([2H])([2H])C(=O)O[C@H]1C(=O)N(CCN(C)C)c2ccccc2S[C@H]1c1ccc(OC)cc1. The van der Waals surface area contributed by atoms with Crippen molar-refractivity contribution in [2.24, 2.45) is 0 Å². The summed E-state index contributed by atoms with van der Waals surface area (Å²) in [4.78, 5) is 30.4. The summed E-state index contributed by atoms with van der Waals surface area (Å²) in [6.45, 7) is -2.03. The average molecular weight is 418 g/mol. The van der Waals surface area contributed by atoms with E-state index in [2.05, 4.69) is 0 Å². The van der Waals surface area contributed by atoms with Crippen LogP contribution in [-0.4, -0.2) is 57.2 Å². The molecule has 2 aromatic rings. The van der Waals surface area contributed by atoms with E-state index in [1.54, 1.807) is 36.3 Å². The molecule has 0 radical (unpaired) electrons. The second-order valence-corrected chi connectivity index (χ2v) is 8.08. The predicted octanol–water partition coefficient (Wildman–Crippen LogP) is 3.37. The van der Waals surface area contributed by atoms with Crippen molar-refractivity contribution < 1.29 is 23.2 Å². The van der Waals surface area contributed by atoms with Crippen molar-refractivity contribution in [3.05, 3.63) is 54.1 Å². The number of anilines is 1. The Kier molecular flexibility index (Phi) is 5.58. The average Bonchev–Trinajstić information content (AvgIpc) is 2.86. The largest absolute Gasteiger partial charge is 0.497 e. The normalized spacial score (nSPS) is 20.9. The number of thioether (sulfide) groups is 1. The van der Waals surface area contributed by atoms with E-state index >= 15 is 0 Å². The standard InChI is InChI=1S/C22H26N2O4S/c1-15(25)28-20-21(16-9-11-17(27-4)12-10-16)29-19-8-6-5-7-18(19)24(22(20)26)14-13-23(2)3/h5-12,20-21H,13-14H2,1-4H3/t20-,21+/m1/s1/i1D3. The van der Waals surface area contributed by atoms with E-state index in [1.165, 1.54) is 11.8 Å². The van der Waals surface area contributed by atoms with Gasteiger partial charge in [-0.25, -0.2) is 0 Å². The molecule has 2 aromatic carbocycles. The van der Waals surface area contributed by atoms with Crippen LogP contribution in [0.4, 0.5) is 5.69 Å². The molecule has 1 aliphatic rings. The third kappa shape index (κ3) is 4.92. The van der Waals surface area contributed by atoms with Gasteiger partial charge in [-0.05, 0) is 43.9 Å². The molecule has 0 saturated carbocycles. The van der Waals surface area contributed by atoms with Crippen molar-refractivity contribution in [1.82, 2.24) is 4.90 Å². The van der Waals surface area contributed by atoms with E-state index < -0.39 is 30.1 Å². The van der Waals surface area contributed by atoms with Crippen molar-refractivity contribution in [2.75, 3.05) is 39.2 Å². The lowest BCUT2D eigenvalue weighted by Gasteiger charge is -2.28. The molecule has 0 fully saturated rings. The summed E-state index contributed by atoms with van der Waals surface area (Å²) in [5.41, 5.74) is 1.42. The van der Waals surface area contributed by atoms with Crippen LogP contribution in [0, 0.1) is 0 Å². The fraction of sp³-hybridized carbons (Fsp3) is 0.364. The first kappa shape index (κ1) is 17.4. The minimum Gasteiger partial charge on any atom is -0.497 e. The van der Waals surface area contributed by atoms with Crippen LogP contribution in [0.2, 0.25) is 0 Å². The maximum Gasteiger partial charge on any atom is 0.303 e. The quantitative estimate of drug-likeness (QED) is 0.672. The van der Waals surface area contributed by atoms with Gasteiger partial charge in [0.2, 0.25) is 0 Å². The smallest absolute Gasteiger partial charge is 0.303 e. The van der Waals surface area contributed by atoms with Gasteiger partial charge < -0.3 is 19.3 Å². The lowest BCUT2D eigenvalue weighted by atomic mass is 10.1. The number of ether oxygens (including phenoxy) is 2. The molecule has 0 saturated heterocycles. The number of rotatable bonds is 6. The van der Waals surface area contributed by atoms with E-state index in [1.807, 2.05) is 43.3 Å². The zero-order valence-electron chi connectivity index (χ0n) is 19.6. The van der Waals surface area contributed by atoms with E-state index in [9.17, 15) is 9.59 Å². The van der Waals surface area contributed by atoms with Gasteiger partial charge in [0.05, 0.1) is 18.0 Å². The van der Waals surface area contributed by atoms with Crippen LogP contribution in [0.25, 0.3) is 0 Å². The van der Waals surface area contributed by atoms with Gasteiger partial charge in [-0.1, -0.05) is 24.3 Å². The first-order valence-electron chi connectivity index (χ1n) is 10.7. The highest BCUT2D eigenvalue weighted by molar-refractivity contribution is 7.99. The van der Waals surface area contributed by atoms with Crippen LogP contribution >= 0.6 is 11.8 Å². The molecule has 0 bridgehead atoms. The third-order valence-corrected chi connectivity index (χ3v) is 6.02. The number of hydrogen-bond donors (Lipinski definition) is 0. The fourth-order valence-corrected chi connectivity index (χ4v) is 4.49. The maximum absolute atomic E-state index is 13.7. The summed E-state index contributed by atoms with van der Waals surface area (Å²) in [7, 11) is 5.35. The van der Waals surface area contributed by atoms with Crippen LogP contribution < -0.4 is 9.64 Å². The Hall–Kier alpha value is -2.51. The number of nitrogens with zero attached hydrogens (tertiary/aromatic N) is 2. The highest BCUT2D eigenvalue weighted by atomic mass is 32.2. The summed E-state index contributed by atoms with van der Waals surface area (Å²) in [5.74, 6) is -1.21. The second-order valence-electron chi connectivity index (χ2n) is 6.90. The summed E-state index contributed by atoms with van der Waals surface area (Å²) in [6.07, 6.45) is -1.31. The summed E-state index contributed by atoms with van der Waals surface area (Å²) < 4.78 is 32.9. The van der Waals surface area contributed by atoms with E-state index in [0.717, 1.165) is 10.5 Å². The predicted molar refractivity (Wildman–Crippen MR) is 114 cm³/mol. The Morgan fingerprint density at radius 2 is 1.93 bits per heavy atom. The molecule has 3 rings (SSSR count). The first-order chi connectivity index (χ1) is 15.1. The molecule has 7 heteroatoms. The highest BCUT2D eigenvalue weighted by Gasteiger charge is 2.40. The van der Waals surface area contributed by atoms with Gasteiger partial charge >= 0.3 is 5.97 Å². The number of esters is 1. The van der Waals surface area contributed by atoms with Gasteiger partial charge in [0.1, 0.15) is 5.75 Å². The number of carbonyl (C=O) groups excluding carboxylic acids is 2. The van der Waals surface area contributed by atoms with Gasteiger partial charge in [-0.15, -0.1) is 11.8 Å². The molecule has 0 spiro atoms. The Morgan fingerprint density at radius 1 is 1.21 bits per heavy atom. The zero-order valence-corrected chi connectivity index (χ0v) is 17.4. The van der Waals surface area contributed by atoms with Crippen molar-refractivity contribution in [3.8, 4) is 5.75 Å². The summed E-state index contributed by atoms with van der Waals surface area (Å²) >= 11 is 1.37. The minimum atomic E-state index is -2.97. The molecule has 29 heavy (non-hydrogen) atoms. The fourth-order valence-electron chi connectivity index (χ4n) is 3.17. The topological polar surface area (TPSA) is 59.1 Å². The van der Waals surface area contributed by atoms with Crippen molar-refractivity contribution in [2.45, 2.75) is 23.1 Å². The van der Waals surface area contributed by atoms with Crippen molar-refractivity contribution in [3.63, 3.8) is 0 Å². The monoisotopic (exact) mass is 417 g/mol. The molecule has 154 valence electrons. The number of fused-ring (bicyclic) bond motifs is 1. The van der Waals surface area contributed by atoms with E-state index in [4.69, 9.17) is 13.6 Å². The van der Waals surface area contributed by atoms with E-state index in [0.29, 0.717) is 24.5 Å². The van der Waals surface area contributed by atoms with Crippen LogP contribution in [0.5, 0.6) is 5.75 Å². The molecule has 2 atom stereocenters. The molecule has 1 heterocycles. The minimum absolute atomic E-state index is 0.362. The van der Waals surface area contributed by atoms with Gasteiger partial charge in [0.15, 0.2) is 6.10 Å². The molecule has 0 unspecified atom stereocenters. The molecule has 1 aliphatic heterocycles. The number of benzene rings is 2. The van der Waals surface area contributed by atoms with Gasteiger partial charge in [-0.3, -0.25) is 9.59 Å². The summed E-state index contributed by atoms with van der Waals surface area (Å²) in [5, 5.41) is -0.634. The number of amides is 1. The number of likely N-dealkylation sites (N-methyl/N-ethyl adjacent to an activating group) is 1. The molecular weight excluding hydrogens is 388 g/mol. The zero-order chi connectivity index (χ0) is 23.5. The lowest BCUT2D eigenvalue weighted by Crippen LogP contribution is -2.45. The van der Waals surface area contributed by atoms with E-state index in [-0.39, 0.29) is 0 Å². The molecule has 1 amide bonds. The van der Waals surface area contributed by atoms with Crippen molar-refractivity contribution >= 4 is 29.3 Å². The number of methoxy groups -OCH3 is 1. The van der Waals surface area contributed by atoms with Gasteiger partial charge in [0, 0.05) is 28.9 Å². The molecule has 0 aliphatic carbocycles. The first-order valence-corrected chi connectivity index (χ1v) is 10.1. The Balaban J connectivity index is 2.08. The Morgan fingerprint density at radius 3 is 2.59 bits per heavy atom. The van der Waals surface area contributed by atoms with Crippen LogP contribution in [0.15, 0.2) is 53.4 Å². The maximum atomic E-state index is 13.7.